The minimum absolute atomic E-state index is 0.0309. The Labute approximate surface area is 168 Å². The number of nitrogens with one attached hydrogen (secondary N) is 1. The number of pyridine rings is 1. The molecule has 0 aliphatic carbocycles. The molecule has 0 bridgehead atoms. The first-order valence-electron chi connectivity index (χ1n) is 9.14. The molecule has 2 aliphatic rings. The monoisotopic (exact) mass is 412 g/mol. The number of anilines is 1. The average Bonchev–Trinajstić information content (AvgIpc) is 2.92. The van der Waals surface area contributed by atoms with Crippen LogP contribution in [-0.4, -0.2) is 41.2 Å². The van der Waals surface area contributed by atoms with Crippen molar-refractivity contribution in [3.63, 3.8) is 0 Å². The van der Waals surface area contributed by atoms with Crippen LogP contribution in [0.25, 0.3) is 0 Å². The van der Waals surface area contributed by atoms with E-state index in [0.29, 0.717) is 5.69 Å². The van der Waals surface area contributed by atoms with Crippen molar-refractivity contribution in [2.45, 2.75) is 31.3 Å². The van der Waals surface area contributed by atoms with Crippen molar-refractivity contribution in [2.75, 3.05) is 5.32 Å². The predicted octanol–water partition coefficient (Wildman–Crippen LogP) is 2.47. The standard InChI is InChI=1S/C20H20N4O4S/c1-12(2)17-18(25)16(20(26)24(17)11-13-7-9-21-10-8-13)19-22-14-5-3-4-6-15(14)29(27,28)23-19/h3-10,12,17,25H,11H2,1-2H3,(H,22,23)/t17-/m0/s1. The summed E-state index contributed by atoms with van der Waals surface area (Å²) in [5.74, 6) is -0.904. The summed E-state index contributed by atoms with van der Waals surface area (Å²) in [5, 5.41) is 13.8. The molecule has 150 valence electrons. The van der Waals surface area contributed by atoms with Crippen LogP contribution in [0, 0.1) is 5.92 Å². The van der Waals surface area contributed by atoms with Crippen LogP contribution >= 0.6 is 0 Å². The number of sulfonamides is 1. The van der Waals surface area contributed by atoms with Crippen molar-refractivity contribution >= 4 is 27.5 Å². The van der Waals surface area contributed by atoms with Crippen molar-refractivity contribution in [3.8, 4) is 0 Å². The summed E-state index contributed by atoms with van der Waals surface area (Å²) in [6, 6.07) is 9.30. The summed E-state index contributed by atoms with van der Waals surface area (Å²) in [5.41, 5.74) is 1.06. The van der Waals surface area contributed by atoms with Gasteiger partial charge in [-0.15, -0.1) is 4.40 Å². The maximum absolute atomic E-state index is 13.2. The number of amidine groups is 1. The van der Waals surface area contributed by atoms with Crippen LogP contribution in [-0.2, 0) is 21.4 Å². The number of aliphatic hydroxyl groups excluding tert-OH is 1. The Morgan fingerprint density at radius 2 is 1.86 bits per heavy atom. The Morgan fingerprint density at radius 3 is 2.55 bits per heavy atom. The molecule has 1 atom stereocenters. The van der Waals surface area contributed by atoms with Crippen molar-refractivity contribution < 1.29 is 18.3 Å². The second kappa shape index (κ2) is 7.00. The molecule has 1 amide bonds. The van der Waals surface area contributed by atoms with Gasteiger partial charge in [0.1, 0.15) is 16.2 Å². The molecule has 2 N–H and O–H groups in total. The van der Waals surface area contributed by atoms with E-state index >= 15 is 0 Å². The molecule has 2 aromatic rings. The van der Waals surface area contributed by atoms with Gasteiger partial charge in [-0.3, -0.25) is 9.78 Å². The highest BCUT2D eigenvalue weighted by Gasteiger charge is 2.44. The summed E-state index contributed by atoms with van der Waals surface area (Å²) in [6.45, 7) is 4.03. The minimum Gasteiger partial charge on any atom is -0.509 e. The van der Waals surface area contributed by atoms with Crippen molar-refractivity contribution in [3.05, 3.63) is 65.7 Å². The van der Waals surface area contributed by atoms with Crippen LogP contribution in [0.5, 0.6) is 0 Å². The molecule has 3 heterocycles. The first-order chi connectivity index (χ1) is 13.8. The summed E-state index contributed by atoms with van der Waals surface area (Å²) in [4.78, 5) is 18.8. The third kappa shape index (κ3) is 3.27. The van der Waals surface area contributed by atoms with E-state index in [1.54, 1.807) is 42.7 Å². The van der Waals surface area contributed by atoms with E-state index in [4.69, 9.17) is 0 Å². The van der Waals surface area contributed by atoms with Gasteiger partial charge in [-0.1, -0.05) is 26.0 Å². The Hall–Kier alpha value is -3.20. The topological polar surface area (TPSA) is 112 Å². The first kappa shape index (κ1) is 19.1. The Balaban J connectivity index is 1.76. The van der Waals surface area contributed by atoms with Gasteiger partial charge in [-0.05, 0) is 35.7 Å². The maximum Gasteiger partial charge on any atom is 0.286 e. The molecular weight excluding hydrogens is 392 g/mol. The van der Waals surface area contributed by atoms with Crippen LogP contribution < -0.4 is 5.32 Å². The zero-order chi connectivity index (χ0) is 20.8. The molecule has 0 saturated heterocycles. The molecule has 0 radical (unpaired) electrons. The lowest BCUT2D eigenvalue weighted by atomic mass is 10.0. The fourth-order valence-corrected chi connectivity index (χ4v) is 4.77. The molecule has 1 aromatic carbocycles. The fourth-order valence-electron chi connectivity index (χ4n) is 3.65. The van der Waals surface area contributed by atoms with E-state index in [-0.39, 0.29) is 34.5 Å². The smallest absolute Gasteiger partial charge is 0.286 e. The van der Waals surface area contributed by atoms with E-state index in [1.165, 1.54) is 11.0 Å². The van der Waals surface area contributed by atoms with Gasteiger partial charge in [0.2, 0.25) is 0 Å². The van der Waals surface area contributed by atoms with Gasteiger partial charge in [0.15, 0.2) is 5.84 Å². The molecule has 0 fully saturated rings. The Bertz CT molecular complexity index is 1140. The van der Waals surface area contributed by atoms with Crippen LogP contribution in [0.15, 0.2) is 69.4 Å². The minimum atomic E-state index is -3.99. The molecule has 0 spiro atoms. The van der Waals surface area contributed by atoms with Gasteiger partial charge in [-0.25, -0.2) is 0 Å². The van der Waals surface area contributed by atoms with Gasteiger partial charge in [0.25, 0.3) is 15.9 Å². The third-order valence-corrected chi connectivity index (χ3v) is 6.28. The highest BCUT2D eigenvalue weighted by molar-refractivity contribution is 7.90. The zero-order valence-corrected chi connectivity index (χ0v) is 16.7. The van der Waals surface area contributed by atoms with Crippen LogP contribution in [0.2, 0.25) is 0 Å². The Kier molecular flexibility index (Phi) is 4.62. The lowest BCUT2D eigenvalue weighted by Gasteiger charge is -2.28. The first-order valence-corrected chi connectivity index (χ1v) is 10.6. The lowest BCUT2D eigenvalue weighted by Crippen LogP contribution is -2.39. The second-order valence-corrected chi connectivity index (χ2v) is 8.85. The normalized spacial score (nSPS) is 20.5. The molecule has 8 nitrogen and oxygen atoms in total. The van der Waals surface area contributed by atoms with E-state index in [9.17, 15) is 18.3 Å². The zero-order valence-electron chi connectivity index (χ0n) is 15.9. The number of carbonyl (C=O) groups excluding carboxylic acids is 1. The van der Waals surface area contributed by atoms with E-state index in [0.717, 1.165) is 5.56 Å². The third-order valence-electron chi connectivity index (χ3n) is 4.95. The molecule has 2 aliphatic heterocycles. The number of hydrogen-bond donors (Lipinski definition) is 2. The molecular formula is C20H20N4O4S. The number of aromatic nitrogens is 1. The summed E-state index contributed by atoms with van der Waals surface area (Å²) in [6.07, 6.45) is 3.26. The van der Waals surface area contributed by atoms with Gasteiger partial charge >= 0.3 is 0 Å². The van der Waals surface area contributed by atoms with E-state index < -0.39 is 22.0 Å². The maximum atomic E-state index is 13.2. The van der Waals surface area contributed by atoms with Crippen LogP contribution in [0.3, 0.4) is 0 Å². The molecule has 1 aromatic heterocycles. The van der Waals surface area contributed by atoms with Crippen molar-refractivity contribution in [1.29, 1.82) is 0 Å². The number of para-hydroxylation sites is 1. The summed E-state index contributed by atoms with van der Waals surface area (Å²) < 4.78 is 28.9. The Morgan fingerprint density at radius 1 is 1.17 bits per heavy atom. The molecule has 9 heteroatoms. The lowest BCUT2D eigenvalue weighted by molar-refractivity contribution is -0.128. The quantitative estimate of drug-likeness (QED) is 0.798. The number of nitrogens with zero attached hydrogens (tertiary/aromatic N) is 3. The molecule has 0 unspecified atom stereocenters. The van der Waals surface area contributed by atoms with Gasteiger partial charge in [-0.2, -0.15) is 8.42 Å². The number of benzene rings is 1. The largest absolute Gasteiger partial charge is 0.509 e. The van der Waals surface area contributed by atoms with Gasteiger partial charge in [0.05, 0.1) is 11.7 Å². The summed E-state index contributed by atoms with van der Waals surface area (Å²) in [7, 11) is -3.99. The second-order valence-electron chi connectivity index (χ2n) is 7.27. The number of aliphatic hydroxyl groups is 1. The average molecular weight is 412 g/mol. The van der Waals surface area contributed by atoms with E-state index in [1.807, 2.05) is 13.8 Å². The highest BCUT2D eigenvalue weighted by Crippen LogP contribution is 2.35. The van der Waals surface area contributed by atoms with Crippen LogP contribution in [0.1, 0.15) is 19.4 Å². The summed E-state index contributed by atoms with van der Waals surface area (Å²) >= 11 is 0. The molecule has 4 rings (SSSR count). The number of carbonyl (C=O) groups is 1. The fraction of sp³-hybridized carbons (Fsp3) is 0.250. The highest BCUT2D eigenvalue weighted by atomic mass is 32.2. The number of rotatable bonds is 4. The number of amides is 1. The molecule has 0 saturated carbocycles. The van der Waals surface area contributed by atoms with Crippen molar-refractivity contribution in [2.24, 2.45) is 10.3 Å². The van der Waals surface area contributed by atoms with E-state index in [2.05, 4.69) is 14.7 Å². The SMILES string of the molecule is CC(C)[C@H]1C(O)=C(C2=NS(=O)(=O)c3ccccc3N2)C(=O)N1Cc1ccncc1. The number of hydrogen-bond acceptors (Lipinski definition) is 6. The van der Waals surface area contributed by atoms with Gasteiger partial charge < -0.3 is 15.3 Å². The predicted molar refractivity (Wildman–Crippen MR) is 108 cm³/mol. The van der Waals surface area contributed by atoms with Crippen molar-refractivity contribution in [1.82, 2.24) is 9.88 Å². The number of fused-ring (bicyclic) bond motifs is 1. The van der Waals surface area contributed by atoms with Gasteiger partial charge in [0, 0.05) is 18.9 Å². The van der Waals surface area contributed by atoms with Crippen LogP contribution in [0.4, 0.5) is 5.69 Å². The molecule has 29 heavy (non-hydrogen) atoms.